The van der Waals surface area contributed by atoms with Crippen molar-refractivity contribution in [2.45, 2.75) is 20.3 Å². The monoisotopic (exact) mass is 188 g/mol. The summed E-state index contributed by atoms with van der Waals surface area (Å²) in [5, 5.41) is 0. The highest BCUT2D eigenvalue weighted by Gasteiger charge is 2.09. The van der Waals surface area contributed by atoms with Gasteiger partial charge in [-0.3, -0.25) is 4.79 Å². The maximum absolute atomic E-state index is 11.2. The summed E-state index contributed by atoms with van der Waals surface area (Å²) in [6.45, 7) is 3.89. The Morgan fingerprint density at radius 1 is 1.36 bits per heavy atom. The molecule has 1 aliphatic carbocycles. The molecule has 0 aliphatic heterocycles. The van der Waals surface area contributed by atoms with Crippen LogP contribution in [0.4, 0.5) is 0 Å². The van der Waals surface area contributed by atoms with Gasteiger partial charge in [0, 0.05) is 11.8 Å². The van der Waals surface area contributed by atoms with E-state index in [1.54, 1.807) is 0 Å². The first-order valence-corrected chi connectivity index (χ1v) is 4.60. The summed E-state index contributed by atoms with van der Waals surface area (Å²) in [5.74, 6) is 0.697. The Labute approximate surface area is 82.2 Å². The number of hydrogen-bond donors (Lipinski definition) is 1. The van der Waals surface area contributed by atoms with Crippen molar-refractivity contribution in [3.05, 3.63) is 45.7 Å². The molecule has 0 radical (unpaired) electrons. The molecule has 3 nitrogen and oxygen atoms in total. The SMILES string of the molecule is CC1=CC=C(c2nc(C)cc(=O)[nH]2)C1. The fourth-order valence-corrected chi connectivity index (χ4v) is 1.55. The molecule has 1 aromatic heterocycles. The molecule has 72 valence electrons. The Morgan fingerprint density at radius 2 is 2.14 bits per heavy atom. The third kappa shape index (κ3) is 1.66. The summed E-state index contributed by atoms with van der Waals surface area (Å²) in [5.41, 5.74) is 3.06. The standard InChI is InChI=1S/C11H12N2O/c1-7-3-4-9(5-7)11-12-8(2)6-10(14)13-11/h3-4,6H,5H2,1-2H3,(H,12,13,14). The van der Waals surface area contributed by atoms with Crippen LogP contribution in [0.25, 0.3) is 5.57 Å². The molecule has 1 aromatic rings. The van der Waals surface area contributed by atoms with Crippen LogP contribution in [0, 0.1) is 6.92 Å². The quantitative estimate of drug-likeness (QED) is 0.730. The van der Waals surface area contributed by atoms with Crippen LogP contribution >= 0.6 is 0 Å². The molecule has 14 heavy (non-hydrogen) atoms. The van der Waals surface area contributed by atoms with Gasteiger partial charge in [0.25, 0.3) is 5.56 Å². The average molecular weight is 188 g/mol. The van der Waals surface area contributed by atoms with Crippen molar-refractivity contribution in [2.75, 3.05) is 0 Å². The van der Waals surface area contributed by atoms with Gasteiger partial charge < -0.3 is 4.98 Å². The highest BCUT2D eigenvalue weighted by Crippen LogP contribution is 2.24. The van der Waals surface area contributed by atoms with Gasteiger partial charge in [0.05, 0.1) is 0 Å². The Balaban J connectivity index is 2.39. The zero-order chi connectivity index (χ0) is 10.1. The van der Waals surface area contributed by atoms with Crippen LogP contribution in [0.3, 0.4) is 0 Å². The van der Waals surface area contributed by atoms with Gasteiger partial charge in [-0.1, -0.05) is 17.7 Å². The summed E-state index contributed by atoms with van der Waals surface area (Å²) in [7, 11) is 0. The molecule has 2 rings (SSSR count). The maximum atomic E-state index is 11.2. The second-order valence-corrected chi connectivity index (χ2v) is 3.62. The minimum absolute atomic E-state index is 0.0852. The summed E-state index contributed by atoms with van der Waals surface area (Å²) in [6.07, 6.45) is 4.94. The third-order valence-electron chi connectivity index (χ3n) is 2.21. The van der Waals surface area contributed by atoms with E-state index in [9.17, 15) is 4.79 Å². The van der Waals surface area contributed by atoms with Crippen LogP contribution in [0.5, 0.6) is 0 Å². The smallest absolute Gasteiger partial charge is 0.251 e. The van der Waals surface area contributed by atoms with Crippen LogP contribution in [-0.2, 0) is 0 Å². The summed E-state index contributed by atoms with van der Waals surface area (Å²) in [6, 6.07) is 1.50. The Morgan fingerprint density at radius 3 is 2.71 bits per heavy atom. The summed E-state index contributed by atoms with van der Waals surface area (Å²) < 4.78 is 0. The van der Waals surface area contributed by atoms with Crippen LogP contribution < -0.4 is 5.56 Å². The molecular weight excluding hydrogens is 176 g/mol. The first kappa shape index (κ1) is 8.94. The molecule has 0 bridgehead atoms. The molecule has 0 unspecified atom stereocenters. The van der Waals surface area contributed by atoms with E-state index in [2.05, 4.69) is 23.0 Å². The molecule has 1 N–H and O–H groups in total. The second-order valence-electron chi connectivity index (χ2n) is 3.62. The number of aryl methyl sites for hydroxylation is 1. The molecule has 0 fully saturated rings. The van der Waals surface area contributed by atoms with E-state index >= 15 is 0 Å². The Bertz CT molecular complexity index is 480. The molecule has 0 saturated heterocycles. The van der Waals surface area contributed by atoms with Crippen molar-refractivity contribution in [1.82, 2.24) is 9.97 Å². The van der Waals surface area contributed by atoms with Gasteiger partial charge in [-0.2, -0.15) is 0 Å². The fourth-order valence-electron chi connectivity index (χ4n) is 1.55. The largest absolute Gasteiger partial charge is 0.307 e. The lowest BCUT2D eigenvalue weighted by Crippen LogP contribution is -2.10. The molecule has 0 saturated carbocycles. The van der Waals surface area contributed by atoms with E-state index in [4.69, 9.17) is 0 Å². The van der Waals surface area contributed by atoms with Crippen molar-refractivity contribution in [3.8, 4) is 0 Å². The van der Waals surface area contributed by atoms with Gasteiger partial charge in [-0.05, 0) is 25.8 Å². The second kappa shape index (κ2) is 3.25. The average Bonchev–Trinajstić information content (AvgIpc) is 2.50. The van der Waals surface area contributed by atoms with Crippen LogP contribution in [0.2, 0.25) is 0 Å². The van der Waals surface area contributed by atoms with Crippen molar-refractivity contribution in [3.63, 3.8) is 0 Å². The molecule has 0 aromatic carbocycles. The normalized spacial score (nSPS) is 15.3. The van der Waals surface area contributed by atoms with Gasteiger partial charge in [-0.25, -0.2) is 4.98 Å². The molecule has 0 atom stereocenters. The molecule has 0 amide bonds. The lowest BCUT2D eigenvalue weighted by Gasteiger charge is -2.02. The number of aromatic nitrogens is 2. The molecule has 1 heterocycles. The van der Waals surface area contributed by atoms with Crippen LogP contribution in [-0.4, -0.2) is 9.97 Å². The van der Waals surface area contributed by atoms with E-state index in [1.165, 1.54) is 11.6 Å². The molecule has 0 spiro atoms. The first-order chi connectivity index (χ1) is 6.65. The van der Waals surface area contributed by atoms with E-state index in [-0.39, 0.29) is 5.56 Å². The van der Waals surface area contributed by atoms with Gasteiger partial charge >= 0.3 is 0 Å². The fraction of sp³-hybridized carbons (Fsp3) is 0.273. The zero-order valence-corrected chi connectivity index (χ0v) is 8.29. The van der Waals surface area contributed by atoms with E-state index in [0.29, 0.717) is 5.82 Å². The third-order valence-corrected chi connectivity index (χ3v) is 2.21. The van der Waals surface area contributed by atoms with E-state index in [0.717, 1.165) is 17.7 Å². The highest BCUT2D eigenvalue weighted by atomic mass is 16.1. The number of hydrogen-bond acceptors (Lipinski definition) is 2. The number of rotatable bonds is 1. The van der Waals surface area contributed by atoms with Gasteiger partial charge in [0.2, 0.25) is 0 Å². The molecule has 1 aliphatic rings. The topological polar surface area (TPSA) is 45.8 Å². The first-order valence-electron chi connectivity index (χ1n) is 4.60. The maximum Gasteiger partial charge on any atom is 0.251 e. The predicted octanol–water partition coefficient (Wildman–Crippen LogP) is 1.81. The number of aromatic amines is 1. The van der Waals surface area contributed by atoms with Gasteiger partial charge in [0.15, 0.2) is 0 Å². The number of allylic oxidation sites excluding steroid dienone is 4. The minimum atomic E-state index is -0.0852. The van der Waals surface area contributed by atoms with E-state index in [1.807, 2.05) is 13.0 Å². The van der Waals surface area contributed by atoms with Crippen molar-refractivity contribution in [1.29, 1.82) is 0 Å². The highest BCUT2D eigenvalue weighted by molar-refractivity contribution is 5.67. The lowest BCUT2D eigenvalue weighted by atomic mass is 10.1. The number of nitrogens with zero attached hydrogens (tertiary/aromatic N) is 1. The summed E-state index contributed by atoms with van der Waals surface area (Å²) >= 11 is 0. The zero-order valence-electron chi connectivity index (χ0n) is 8.29. The minimum Gasteiger partial charge on any atom is -0.307 e. The van der Waals surface area contributed by atoms with Crippen molar-refractivity contribution < 1.29 is 0 Å². The Hall–Kier alpha value is -1.64. The predicted molar refractivity (Wildman–Crippen MR) is 55.9 cm³/mol. The molecular formula is C11H12N2O. The van der Waals surface area contributed by atoms with Gasteiger partial charge in [0.1, 0.15) is 5.82 Å². The summed E-state index contributed by atoms with van der Waals surface area (Å²) in [4.78, 5) is 18.2. The van der Waals surface area contributed by atoms with Crippen molar-refractivity contribution >= 4 is 5.57 Å². The molecule has 3 heteroatoms. The van der Waals surface area contributed by atoms with Crippen molar-refractivity contribution in [2.24, 2.45) is 0 Å². The van der Waals surface area contributed by atoms with Crippen LogP contribution in [0.1, 0.15) is 24.9 Å². The number of H-pyrrole nitrogens is 1. The van der Waals surface area contributed by atoms with Gasteiger partial charge in [-0.15, -0.1) is 0 Å². The lowest BCUT2D eigenvalue weighted by molar-refractivity contribution is 1.01. The number of nitrogens with one attached hydrogen (secondary N) is 1. The van der Waals surface area contributed by atoms with Crippen LogP contribution in [0.15, 0.2) is 28.6 Å². The van der Waals surface area contributed by atoms with E-state index < -0.39 is 0 Å². The Kier molecular flexibility index (Phi) is 2.08.